The molecule has 6 fully saturated rings. The number of carbonyl (C=O) groups is 6. The Morgan fingerprint density at radius 3 is 0.818 bits per heavy atom. The standard InChI is InChI=1S/C54H56N6O6/c61-49(59-29-41(51(63)55-45-25-37(45)33-15-5-1-6-16-33)42(30-59)52(64)56-46-26-38(46)34-17-7-2-8-18-34)23-13-14-24-50(62)60-31-43(53(65)57-47-27-39(47)35-19-9-3-10-20-35)44(32-60)54(66)58-48-28-40(48)36-21-11-4-12-22-36/h1-24,37-48H,25-32H2,(H,55,63)(H,56,64)(H,57,65)(H,58,66)/b23-13+,24-14+/t37-,38-,39-,40-,41-,42-,43-,44-,45+,46+,47+,48+/m1/s1. The van der Waals surface area contributed by atoms with Crippen LogP contribution < -0.4 is 21.3 Å². The summed E-state index contributed by atoms with van der Waals surface area (Å²) in [5.74, 6) is -3.68. The molecule has 0 radical (unpaired) electrons. The van der Waals surface area contributed by atoms with Crippen molar-refractivity contribution >= 4 is 35.4 Å². The van der Waals surface area contributed by atoms with Gasteiger partial charge < -0.3 is 31.1 Å². The van der Waals surface area contributed by atoms with Gasteiger partial charge in [0.05, 0.1) is 23.7 Å². The zero-order valence-corrected chi connectivity index (χ0v) is 36.8. The molecule has 338 valence electrons. The molecule has 4 aromatic rings. The van der Waals surface area contributed by atoms with E-state index in [0.29, 0.717) is 0 Å². The number of allylic oxidation sites excluding steroid dienone is 2. The molecular formula is C54H56N6O6. The minimum atomic E-state index is -0.718. The van der Waals surface area contributed by atoms with Gasteiger partial charge in [0, 0.05) is 86.2 Å². The summed E-state index contributed by atoms with van der Waals surface area (Å²) in [6, 6.07) is 40.1. The summed E-state index contributed by atoms with van der Waals surface area (Å²) in [5, 5.41) is 12.7. The molecule has 0 aromatic heterocycles. The summed E-state index contributed by atoms with van der Waals surface area (Å²) in [4.78, 5) is 85.7. The predicted molar refractivity (Wildman–Crippen MR) is 248 cm³/mol. The molecule has 66 heavy (non-hydrogen) atoms. The lowest BCUT2D eigenvalue weighted by Crippen LogP contribution is -2.43. The maximum Gasteiger partial charge on any atom is 0.246 e. The highest BCUT2D eigenvalue weighted by atomic mass is 16.2. The zero-order chi connectivity index (χ0) is 45.3. The third-order valence-electron chi connectivity index (χ3n) is 14.6. The van der Waals surface area contributed by atoms with Gasteiger partial charge in [-0.25, -0.2) is 0 Å². The van der Waals surface area contributed by atoms with Gasteiger partial charge >= 0.3 is 0 Å². The van der Waals surface area contributed by atoms with Crippen molar-refractivity contribution in [3.8, 4) is 0 Å². The molecule has 2 aliphatic heterocycles. The molecule has 12 atom stereocenters. The minimum absolute atomic E-state index is 0.0258. The molecule has 6 aliphatic rings. The van der Waals surface area contributed by atoms with Crippen molar-refractivity contribution in [1.29, 1.82) is 0 Å². The monoisotopic (exact) mass is 884 g/mol. The van der Waals surface area contributed by atoms with Crippen molar-refractivity contribution in [3.63, 3.8) is 0 Å². The number of carbonyl (C=O) groups excluding carboxylic acids is 6. The smallest absolute Gasteiger partial charge is 0.246 e. The van der Waals surface area contributed by atoms with E-state index >= 15 is 0 Å². The van der Waals surface area contributed by atoms with E-state index in [1.807, 2.05) is 72.8 Å². The highest BCUT2D eigenvalue weighted by Crippen LogP contribution is 2.44. The third kappa shape index (κ3) is 9.73. The Labute approximate surface area is 385 Å². The summed E-state index contributed by atoms with van der Waals surface area (Å²) in [7, 11) is 0. The first kappa shape index (κ1) is 43.1. The van der Waals surface area contributed by atoms with E-state index in [4.69, 9.17) is 0 Å². The highest BCUT2D eigenvalue weighted by molar-refractivity contribution is 5.95. The van der Waals surface area contributed by atoms with Crippen LogP contribution in [0.5, 0.6) is 0 Å². The molecular weight excluding hydrogens is 829 g/mol. The highest BCUT2D eigenvalue weighted by Gasteiger charge is 2.50. The summed E-state index contributed by atoms with van der Waals surface area (Å²) in [5.41, 5.74) is 4.65. The molecule has 2 heterocycles. The molecule has 6 amide bonds. The number of benzene rings is 4. The lowest BCUT2D eigenvalue weighted by atomic mass is 9.94. The van der Waals surface area contributed by atoms with Gasteiger partial charge in [0.2, 0.25) is 35.4 Å². The fraction of sp³-hybridized carbons (Fsp3) is 0.370. The van der Waals surface area contributed by atoms with E-state index in [0.717, 1.165) is 47.9 Å². The van der Waals surface area contributed by atoms with Crippen LogP contribution in [0, 0.1) is 23.7 Å². The Kier molecular flexibility index (Phi) is 12.1. The summed E-state index contributed by atoms with van der Waals surface area (Å²) < 4.78 is 0. The average Bonchev–Trinajstić information content (AvgIpc) is 4.28. The van der Waals surface area contributed by atoms with Crippen molar-refractivity contribution in [3.05, 3.63) is 168 Å². The Balaban J connectivity index is 0.767. The van der Waals surface area contributed by atoms with E-state index in [1.165, 1.54) is 34.1 Å². The van der Waals surface area contributed by atoms with Gasteiger partial charge in [-0.2, -0.15) is 0 Å². The van der Waals surface area contributed by atoms with E-state index < -0.39 is 23.7 Å². The topological polar surface area (TPSA) is 157 Å². The number of hydrogen-bond acceptors (Lipinski definition) is 6. The number of amides is 6. The van der Waals surface area contributed by atoms with Gasteiger partial charge in [0.25, 0.3) is 0 Å². The fourth-order valence-corrected chi connectivity index (χ4v) is 10.4. The largest absolute Gasteiger partial charge is 0.352 e. The first-order valence-corrected chi connectivity index (χ1v) is 23.5. The van der Waals surface area contributed by atoms with Crippen LogP contribution >= 0.6 is 0 Å². The number of likely N-dealkylation sites (tertiary alicyclic amines) is 2. The molecule has 4 aromatic carbocycles. The molecule has 0 bridgehead atoms. The van der Waals surface area contributed by atoms with Crippen molar-refractivity contribution < 1.29 is 28.8 Å². The average molecular weight is 885 g/mol. The van der Waals surface area contributed by atoms with Crippen LogP contribution in [0.3, 0.4) is 0 Å². The second-order valence-corrected chi connectivity index (χ2v) is 19.1. The molecule has 4 N–H and O–H groups in total. The van der Waals surface area contributed by atoms with E-state index in [9.17, 15) is 28.8 Å². The van der Waals surface area contributed by atoms with Crippen molar-refractivity contribution in [2.45, 2.75) is 73.5 Å². The maximum atomic E-state index is 13.8. The Bertz CT molecular complexity index is 2190. The van der Waals surface area contributed by atoms with Gasteiger partial charge in [0.1, 0.15) is 0 Å². The number of nitrogens with one attached hydrogen (secondary N) is 4. The lowest BCUT2D eigenvalue weighted by molar-refractivity contribution is -0.133. The predicted octanol–water partition coefficient (Wildman–Crippen LogP) is 4.94. The van der Waals surface area contributed by atoms with Crippen molar-refractivity contribution in [1.82, 2.24) is 31.1 Å². The van der Waals surface area contributed by atoms with Gasteiger partial charge in [-0.3, -0.25) is 28.8 Å². The summed E-state index contributed by atoms with van der Waals surface area (Å²) >= 11 is 0. The molecule has 12 nitrogen and oxygen atoms in total. The molecule has 0 spiro atoms. The lowest BCUT2D eigenvalue weighted by Gasteiger charge is -2.18. The maximum absolute atomic E-state index is 13.8. The summed E-state index contributed by atoms with van der Waals surface area (Å²) in [6.45, 7) is 0.356. The molecule has 4 saturated carbocycles. The van der Waals surface area contributed by atoms with Crippen molar-refractivity contribution in [2.75, 3.05) is 26.2 Å². The van der Waals surface area contributed by atoms with Gasteiger partial charge in [-0.15, -0.1) is 0 Å². The first-order valence-electron chi connectivity index (χ1n) is 23.5. The Hall–Kier alpha value is -6.82. The number of rotatable bonds is 15. The van der Waals surface area contributed by atoms with Crippen LogP contribution in [-0.2, 0) is 28.8 Å². The molecule has 0 unspecified atom stereocenters. The van der Waals surface area contributed by atoms with Crippen LogP contribution in [0.25, 0.3) is 0 Å². The van der Waals surface area contributed by atoms with E-state index in [2.05, 4.69) is 69.8 Å². The molecule has 10 rings (SSSR count). The van der Waals surface area contributed by atoms with Crippen molar-refractivity contribution in [2.24, 2.45) is 23.7 Å². The molecule has 4 aliphatic carbocycles. The summed E-state index contributed by atoms with van der Waals surface area (Å²) in [6.07, 6.45) is 8.91. The number of hydrogen-bond donors (Lipinski definition) is 4. The second kappa shape index (κ2) is 18.6. The van der Waals surface area contributed by atoms with Crippen LogP contribution in [0.15, 0.2) is 146 Å². The SMILES string of the molecule is O=C(N[C@H]1C[C@@H]1c1ccccc1)[C@@H]1CN(C(=O)/C=C/C=C/C(=O)N2C[C@@H](C(=O)N[C@H]3C[C@@H]3c3ccccc3)[C@H](C(=O)N[C@H]3C[C@@H]3c3ccccc3)C2)C[C@H]1C(=O)N[C@H]1C[C@@H]1c1ccccc1. The van der Waals surface area contributed by atoms with Gasteiger partial charge in [-0.1, -0.05) is 133 Å². The van der Waals surface area contributed by atoms with E-state index in [-0.39, 0.29) is 109 Å². The fourth-order valence-electron chi connectivity index (χ4n) is 10.4. The molecule has 2 saturated heterocycles. The first-order chi connectivity index (χ1) is 32.2. The van der Waals surface area contributed by atoms with Crippen LogP contribution in [0.4, 0.5) is 0 Å². The zero-order valence-electron chi connectivity index (χ0n) is 36.8. The Morgan fingerprint density at radius 1 is 0.364 bits per heavy atom. The Morgan fingerprint density at radius 2 is 0.591 bits per heavy atom. The molecule has 12 heteroatoms. The minimum Gasteiger partial charge on any atom is -0.352 e. The van der Waals surface area contributed by atoms with Crippen LogP contribution in [-0.4, -0.2) is 95.6 Å². The normalized spacial score (nSPS) is 30.4. The van der Waals surface area contributed by atoms with Crippen LogP contribution in [0.2, 0.25) is 0 Å². The van der Waals surface area contributed by atoms with Gasteiger partial charge in [0.15, 0.2) is 0 Å². The van der Waals surface area contributed by atoms with E-state index in [1.54, 1.807) is 0 Å². The number of nitrogens with zero attached hydrogens (tertiary/aromatic N) is 2. The van der Waals surface area contributed by atoms with Crippen LogP contribution in [0.1, 0.15) is 71.6 Å². The quantitative estimate of drug-likeness (QED) is 0.0980. The third-order valence-corrected chi connectivity index (χ3v) is 14.6. The van der Waals surface area contributed by atoms with Gasteiger partial charge in [-0.05, 0) is 47.9 Å². The second-order valence-electron chi connectivity index (χ2n) is 19.1.